The number of aliphatic carboxylic acids is 1. The molecule has 1 N–H and O–H groups in total. The number of aryl methyl sites for hydroxylation is 1. The zero-order valence-corrected chi connectivity index (χ0v) is 8.66. The van der Waals surface area contributed by atoms with E-state index in [1.807, 2.05) is 0 Å². The van der Waals surface area contributed by atoms with Crippen LogP contribution in [0.25, 0.3) is 0 Å². The molecule has 15 heavy (non-hydrogen) atoms. The van der Waals surface area contributed by atoms with Crippen molar-refractivity contribution in [3.05, 3.63) is 29.8 Å². The lowest BCUT2D eigenvalue weighted by Gasteiger charge is -2.06. The monoisotopic (exact) mass is 232 g/mol. The average molecular weight is 232 g/mol. The number of carboxylic acids is 1. The van der Waals surface area contributed by atoms with Crippen LogP contribution in [-0.4, -0.2) is 25.0 Å². The van der Waals surface area contributed by atoms with Gasteiger partial charge in [0.2, 0.25) is 9.84 Å². The van der Waals surface area contributed by atoms with Gasteiger partial charge >= 0.3 is 11.5 Å². The summed E-state index contributed by atoms with van der Waals surface area (Å²) in [5.74, 6) is -2.00. The van der Waals surface area contributed by atoms with Gasteiger partial charge in [-0.15, -0.1) is 0 Å². The number of hydrogen-bond donors (Lipinski definition) is 1. The largest absolute Gasteiger partial charge is 0.478 e. The van der Waals surface area contributed by atoms with Gasteiger partial charge in [0.05, 0.1) is 4.90 Å². The number of rotatable bonds is 3. The molecule has 1 aromatic carbocycles. The third-order valence-corrected chi connectivity index (χ3v) is 3.44. The van der Waals surface area contributed by atoms with Crippen molar-refractivity contribution in [2.24, 2.45) is 0 Å². The molecule has 0 aliphatic heterocycles. The first-order valence-corrected chi connectivity index (χ1v) is 5.58. The first-order chi connectivity index (χ1) is 6.85. The third kappa shape index (κ3) is 2.33. The van der Waals surface area contributed by atoms with Crippen molar-refractivity contribution >= 4 is 15.8 Å². The molecule has 0 aliphatic rings. The van der Waals surface area contributed by atoms with Crippen LogP contribution >= 0.6 is 0 Å². The first kappa shape index (κ1) is 11.6. The predicted molar refractivity (Wildman–Crippen MR) is 50.9 cm³/mol. The van der Waals surface area contributed by atoms with E-state index in [1.165, 1.54) is 12.1 Å². The molecule has 0 aliphatic carbocycles. The molecule has 1 rings (SSSR count). The van der Waals surface area contributed by atoms with Crippen LogP contribution in [0.2, 0.25) is 0 Å². The van der Waals surface area contributed by atoms with Gasteiger partial charge in [0, 0.05) is 0 Å². The van der Waals surface area contributed by atoms with Crippen LogP contribution in [0.5, 0.6) is 0 Å². The van der Waals surface area contributed by atoms with E-state index in [4.69, 9.17) is 5.11 Å². The lowest BCUT2D eigenvalue weighted by atomic mass is 10.2. The van der Waals surface area contributed by atoms with Gasteiger partial charge in [0.25, 0.3) is 0 Å². The Hall–Kier alpha value is -1.43. The second kappa shape index (κ2) is 3.98. The summed E-state index contributed by atoms with van der Waals surface area (Å²) < 4.78 is 35.7. The van der Waals surface area contributed by atoms with E-state index in [2.05, 4.69) is 0 Å². The minimum Gasteiger partial charge on any atom is -0.478 e. The minimum atomic E-state index is -4.43. The maximum absolute atomic E-state index is 12.9. The lowest BCUT2D eigenvalue weighted by Crippen LogP contribution is -2.25. The highest BCUT2D eigenvalue weighted by Gasteiger charge is 2.33. The molecular weight excluding hydrogens is 223 g/mol. The van der Waals surface area contributed by atoms with Crippen molar-refractivity contribution in [2.75, 3.05) is 0 Å². The molecule has 82 valence electrons. The van der Waals surface area contributed by atoms with Gasteiger partial charge in [0.15, 0.2) is 0 Å². The molecule has 1 unspecified atom stereocenters. The third-order valence-electron chi connectivity index (χ3n) is 1.78. The molecule has 4 nitrogen and oxygen atoms in total. The van der Waals surface area contributed by atoms with Crippen molar-refractivity contribution in [1.82, 2.24) is 0 Å². The Morgan fingerprint density at radius 1 is 1.47 bits per heavy atom. The maximum Gasteiger partial charge on any atom is 0.354 e. The highest BCUT2D eigenvalue weighted by atomic mass is 32.2. The highest BCUT2D eigenvalue weighted by Crippen LogP contribution is 2.18. The molecule has 0 fully saturated rings. The maximum atomic E-state index is 12.9. The topological polar surface area (TPSA) is 71.4 Å². The summed E-state index contributed by atoms with van der Waals surface area (Å²) in [6.45, 7) is 1.63. The van der Waals surface area contributed by atoms with Crippen LogP contribution < -0.4 is 0 Å². The smallest absolute Gasteiger partial charge is 0.354 e. The number of carbonyl (C=O) groups is 1. The van der Waals surface area contributed by atoms with E-state index < -0.39 is 21.3 Å². The molecule has 0 heterocycles. The summed E-state index contributed by atoms with van der Waals surface area (Å²) >= 11 is 0. The molecule has 1 atom stereocenters. The molecule has 6 heteroatoms. The van der Waals surface area contributed by atoms with Crippen LogP contribution in [-0.2, 0) is 14.6 Å². The fourth-order valence-electron chi connectivity index (χ4n) is 1.04. The Kier molecular flexibility index (Phi) is 3.09. The van der Waals surface area contributed by atoms with Gasteiger partial charge < -0.3 is 5.11 Å². The van der Waals surface area contributed by atoms with Gasteiger partial charge in [0.1, 0.15) is 0 Å². The van der Waals surface area contributed by atoms with E-state index in [0.717, 1.165) is 6.07 Å². The number of alkyl halides is 1. The molecule has 1 aromatic rings. The van der Waals surface area contributed by atoms with E-state index in [9.17, 15) is 17.6 Å². The van der Waals surface area contributed by atoms with Crippen LogP contribution in [0.3, 0.4) is 0 Å². The van der Waals surface area contributed by atoms with E-state index in [0.29, 0.717) is 5.56 Å². The zero-order valence-electron chi connectivity index (χ0n) is 7.84. The summed E-state index contributed by atoms with van der Waals surface area (Å²) in [6, 6.07) is 5.45. The molecular formula is C9H9FO4S. The summed E-state index contributed by atoms with van der Waals surface area (Å²) in [6.07, 6.45) is 0. The summed E-state index contributed by atoms with van der Waals surface area (Å²) in [7, 11) is -4.43. The molecule has 0 aromatic heterocycles. The van der Waals surface area contributed by atoms with Crippen molar-refractivity contribution in [1.29, 1.82) is 0 Å². The van der Waals surface area contributed by atoms with Gasteiger partial charge in [-0.3, -0.25) is 0 Å². The molecule has 0 bridgehead atoms. The van der Waals surface area contributed by atoms with E-state index in [-0.39, 0.29) is 4.90 Å². The van der Waals surface area contributed by atoms with Crippen molar-refractivity contribution < 1.29 is 22.7 Å². The SMILES string of the molecule is Cc1cccc(S(=O)(=O)C(F)C(=O)O)c1. The van der Waals surface area contributed by atoms with Crippen LogP contribution in [0, 0.1) is 6.92 Å². The van der Waals surface area contributed by atoms with Gasteiger partial charge in [-0.2, -0.15) is 0 Å². The number of sulfone groups is 1. The van der Waals surface area contributed by atoms with Crippen molar-refractivity contribution in [3.63, 3.8) is 0 Å². The quantitative estimate of drug-likeness (QED) is 0.848. The molecule has 0 saturated carbocycles. The minimum absolute atomic E-state index is 0.322. The van der Waals surface area contributed by atoms with E-state index in [1.54, 1.807) is 13.0 Å². The second-order valence-electron chi connectivity index (χ2n) is 3.02. The molecule has 0 radical (unpaired) electrons. The summed E-state index contributed by atoms with van der Waals surface area (Å²) in [4.78, 5) is 9.93. The molecule has 0 saturated heterocycles. The number of hydrogen-bond acceptors (Lipinski definition) is 3. The Labute approximate surface area is 86.3 Å². The van der Waals surface area contributed by atoms with Crippen LogP contribution in [0.15, 0.2) is 29.2 Å². The van der Waals surface area contributed by atoms with Crippen molar-refractivity contribution in [3.8, 4) is 0 Å². The van der Waals surface area contributed by atoms with Gasteiger partial charge in [-0.05, 0) is 24.6 Å². The number of halogens is 1. The highest BCUT2D eigenvalue weighted by molar-refractivity contribution is 7.92. The zero-order chi connectivity index (χ0) is 11.6. The normalized spacial score (nSPS) is 13.5. The summed E-state index contributed by atoms with van der Waals surface area (Å²) in [5.41, 5.74) is -2.30. The van der Waals surface area contributed by atoms with E-state index >= 15 is 0 Å². The van der Waals surface area contributed by atoms with Gasteiger partial charge in [-0.1, -0.05) is 12.1 Å². The standard InChI is InChI=1S/C9H9FO4S/c1-6-3-2-4-7(5-6)15(13,14)8(10)9(11)12/h2-5,8H,1H3,(H,11,12). The average Bonchev–Trinajstić information content (AvgIpc) is 2.16. The second-order valence-corrected chi connectivity index (χ2v) is 4.99. The van der Waals surface area contributed by atoms with Crippen molar-refractivity contribution in [2.45, 2.75) is 17.3 Å². The van der Waals surface area contributed by atoms with Gasteiger partial charge in [-0.25, -0.2) is 17.6 Å². The lowest BCUT2D eigenvalue weighted by molar-refractivity contribution is -0.139. The Bertz CT molecular complexity index is 481. The molecule has 0 amide bonds. The Balaban J connectivity index is 3.23. The fourth-order valence-corrected chi connectivity index (χ4v) is 2.17. The Morgan fingerprint density at radius 3 is 2.53 bits per heavy atom. The van der Waals surface area contributed by atoms with Crippen LogP contribution in [0.4, 0.5) is 4.39 Å². The first-order valence-electron chi connectivity index (χ1n) is 4.03. The van der Waals surface area contributed by atoms with Crippen LogP contribution in [0.1, 0.15) is 5.56 Å². The number of carboxylic acid groups (broad SMARTS) is 1. The predicted octanol–water partition coefficient (Wildman–Crippen LogP) is 1.15. The molecule has 0 spiro atoms. The fraction of sp³-hybridized carbons (Fsp3) is 0.222. The Morgan fingerprint density at radius 2 is 2.07 bits per heavy atom. The number of benzene rings is 1. The summed E-state index contributed by atoms with van der Waals surface area (Å²) in [5, 5.41) is 8.29.